The lowest BCUT2D eigenvalue weighted by Crippen LogP contribution is -2.11. The predicted octanol–water partition coefficient (Wildman–Crippen LogP) is 4.97. The van der Waals surface area contributed by atoms with Gasteiger partial charge in [0.25, 0.3) is 0 Å². The van der Waals surface area contributed by atoms with E-state index in [2.05, 4.69) is 0 Å². The molecular weight excluding hydrogens is 401 g/mol. The van der Waals surface area contributed by atoms with E-state index in [9.17, 15) is 30.4 Å². The van der Waals surface area contributed by atoms with Gasteiger partial charge in [0.05, 0.1) is 10.5 Å². The predicted molar refractivity (Wildman–Crippen MR) is 93.6 cm³/mol. The van der Waals surface area contributed by atoms with Crippen molar-refractivity contribution in [2.24, 2.45) is 5.14 Å². The molecule has 0 amide bonds. The van der Waals surface area contributed by atoms with E-state index in [0.29, 0.717) is 5.56 Å². The van der Waals surface area contributed by atoms with Gasteiger partial charge in [-0.3, -0.25) is 0 Å². The largest absolute Gasteiger partial charge is 0.416 e. The Hall–Kier alpha value is -2.78. The van der Waals surface area contributed by atoms with E-state index in [1.54, 1.807) is 0 Å². The molecule has 0 aliphatic rings. The Bertz CT molecular complexity index is 1140. The summed E-state index contributed by atoms with van der Waals surface area (Å²) in [4.78, 5) is -0.169. The summed E-state index contributed by atoms with van der Waals surface area (Å²) in [5.74, 6) is -2.33. The molecule has 0 saturated carbocycles. The molecule has 3 aromatic carbocycles. The van der Waals surface area contributed by atoms with Crippen molar-refractivity contribution < 1.29 is 30.4 Å². The molecule has 3 nitrogen and oxygen atoms in total. The van der Waals surface area contributed by atoms with E-state index in [1.807, 2.05) is 0 Å². The highest BCUT2D eigenvalue weighted by Crippen LogP contribution is 2.38. The molecule has 2 N–H and O–H groups in total. The van der Waals surface area contributed by atoms with E-state index in [-0.39, 0.29) is 21.6 Å². The maximum Gasteiger partial charge on any atom is 0.416 e. The number of primary sulfonamides is 1. The van der Waals surface area contributed by atoms with Crippen molar-refractivity contribution >= 4 is 10.0 Å². The Labute approximate surface area is 157 Å². The third-order valence-corrected chi connectivity index (χ3v) is 5.00. The molecule has 28 heavy (non-hydrogen) atoms. The van der Waals surface area contributed by atoms with Gasteiger partial charge in [-0.1, -0.05) is 24.3 Å². The molecule has 0 radical (unpaired) electrons. The van der Waals surface area contributed by atoms with E-state index in [4.69, 9.17) is 5.14 Å². The second-order valence-electron chi connectivity index (χ2n) is 5.96. The molecule has 0 unspecified atom stereocenters. The quantitative estimate of drug-likeness (QED) is 0.617. The SMILES string of the molecule is NS(=O)(=O)c1ccc(-c2ccc(C(F)(F)F)cc2-c2ccc(F)c(F)c2)cc1. The first kappa shape index (κ1) is 20.0. The minimum absolute atomic E-state index is 0.0112. The van der Waals surface area contributed by atoms with Crippen LogP contribution in [0, 0.1) is 11.6 Å². The van der Waals surface area contributed by atoms with E-state index < -0.39 is 33.4 Å². The van der Waals surface area contributed by atoms with E-state index >= 15 is 0 Å². The molecule has 0 saturated heterocycles. The Morgan fingerprint density at radius 1 is 0.714 bits per heavy atom. The summed E-state index contributed by atoms with van der Waals surface area (Å²) in [6.45, 7) is 0. The highest BCUT2D eigenvalue weighted by molar-refractivity contribution is 7.89. The van der Waals surface area contributed by atoms with Crippen LogP contribution in [-0.4, -0.2) is 8.42 Å². The van der Waals surface area contributed by atoms with Crippen LogP contribution in [0.15, 0.2) is 65.6 Å². The molecule has 9 heteroatoms. The summed E-state index contributed by atoms with van der Waals surface area (Å²) in [7, 11) is -3.94. The summed E-state index contributed by atoms with van der Waals surface area (Å²) in [5.41, 5.74) is -0.259. The van der Waals surface area contributed by atoms with Crippen molar-refractivity contribution in [3.8, 4) is 22.3 Å². The van der Waals surface area contributed by atoms with Crippen LogP contribution in [0.2, 0.25) is 0 Å². The van der Waals surface area contributed by atoms with Crippen LogP contribution < -0.4 is 5.14 Å². The topological polar surface area (TPSA) is 60.2 Å². The Morgan fingerprint density at radius 3 is 1.86 bits per heavy atom. The number of rotatable bonds is 3. The third kappa shape index (κ3) is 4.05. The summed E-state index contributed by atoms with van der Waals surface area (Å²) in [6, 6.07) is 10.8. The van der Waals surface area contributed by atoms with Gasteiger partial charge >= 0.3 is 6.18 Å². The van der Waals surface area contributed by atoms with Crippen LogP contribution in [-0.2, 0) is 16.2 Å². The highest BCUT2D eigenvalue weighted by Gasteiger charge is 2.31. The highest BCUT2D eigenvalue weighted by atomic mass is 32.2. The van der Waals surface area contributed by atoms with Gasteiger partial charge < -0.3 is 0 Å². The average molecular weight is 413 g/mol. The maximum absolute atomic E-state index is 13.6. The van der Waals surface area contributed by atoms with Gasteiger partial charge in [0.15, 0.2) is 11.6 Å². The summed E-state index contributed by atoms with van der Waals surface area (Å²) < 4.78 is 89.0. The summed E-state index contributed by atoms with van der Waals surface area (Å²) in [6.07, 6.45) is -4.64. The first-order valence-corrected chi connectivity index (χ1v) is 9.31. The molecule has 0 aliphatic heterocycles. The van der Waals surface area contributed by atoms with E-state index in [0.717, 1.165) is 30.3 Å². The van der Waals surface area contributed by atoms with Crippen molar-refractivity contribution in [3.05, 3.63) is 77.9 Å². The molecule has 0 fully saturated rings. The minimum atomic E-state index is -4.64. The van der Waals surface area contributed by atoms with Crippen LogP contribution in [0.1, 0.15) is 5.56 Å². The van der Waals surface area contributed by atoms with Gasteiger partial charge in [-0.25, -0.2) is 22.3 Å². The van der Waals surface area contributed by atoms with Crippen molar-refractivity contribution in [2.45, 2.75) is 11.1 Å². The lowest BCUT2D eigenvalue weighted by atomic mass is 9.92. The number of alkyl halides is 3. The van der Waals surface area contributed by atoms with Gasteiger partial charge in [0.2, 0.25) is 10.0 Å². The Morgan fingerprint density at radius 2 is 1.32 bits per heavy atom. The van der Waals surface area contributed by atoms with Crippen molar-refractivity contribution in [3.63, 3.8) is 0 Å². The Kier molecular flexibility index (Phi) is 4.99. The smallest absolute Gasteiger partial charge is 0.225 e. The standard InChI is InChI=1S/C19H12F5NO2S/c20-17-8-3-12(9-18(17)21)16-10-13(19(22,23)24)4-7-15(16)11-1-5-14(6-2-11)28(25,26)27/h1-10H,(H2,25,26,27). The van der Waals surface area contributed by atoms with E-state index in [1.165, 1.54) is 30.3 Å². The number of hydrogen-bond acceptors (Lipinski definition) is 2. The van der Waals surface area contributed by atoms with Crippen LogP contribution >= 0.6 is 0 Å². The second-order valence-corrected chi connectivity index (χ2v) is 7.52. The molecule has 0 aliphatic carbocycles. The van der Waals surface area contributed by atoms with Gasteiger partial charge in [0, 0.05) is 0 Å². The van der Waals surface area contributed by atoms with Crippen molar-refractivity contribution in [2.75, 3.05) is 0 Å². The normalized spacial score (nSPS) is 12.2. The molecule has 146 valence electrons. The first-order chi connectivity index (χ1) is 13.0. The molecular formula is C19H12F5NO2S. The zero-order valence-corrected chi connectivity index (χ0v) is 14.8. The fraction of sp³-hybridized carbons (Fsp3) is 0.0526. The molecule has 0 bridgehead atoms. The lowest BCUT2D eigenvalue weighted by molar-refractivity contribution is -0.137. The third-order valence-electron chi connectivity index (χ3n) is 4.07. The summed E-state index contributed by atoms with van der Waals surface area (Å²) >= 11 is 0. The Balaban J connectivity index is 2.21. The fourth-order valence-electron chi connectivity index (χ4n) is 2.70. The van der Waals surface area contributed by atoms with Crippen molar-refractivity contribution in [1.82, 2.24) is 0 Å². The first-order valence-electron chi connectivity index (χ1n) is 7.77. The van der Waals surface area contributed by atoms with Crippen LogP contribution in [0.3, 0.4) is 0 Å². The lowest BCUT2D eigenvalue weighted by Gasteiger charge is -2.15. The van der Waals surface area contributed by atoms with Gasteiger partial charge in [-0.05, 0) is 58.7 Å². The van der Waals surface area contributed by atoms with Gasteiger partial charge in [-0.15, -0.1) is 0 Å². The zero-order chi connectivity index (χ0) is 20.7. The van der Waals surface area contributed by atoms with Crippen LogP contribution in [0.4, 0.5) is 22.0 Å². The molecule has 3 aromatic rings. The summed E-state index contributed by atoms with van der Waals surface area (Å²) in [5, 5.41) is 5.04. The van der Waals surface area contributed by atoms with Gasteiger partial charge in [0.1, 0.15) is 0 Å². The number of benzene rings is 3. The van der Waals surface area contributed by atoms with Gasteiger partial charge in [-0.2, -0.15) is 13.2 Å². The maximum atomic E-state index is 13.6. The number of sulfonamides is 1. The second kappa shape index (κ2) is 6.99. The molecule has 0 spiro atoms. The molecule has 0 atom stereocenters. The molecule has 0 heterocycles. The van der Waals surface area contributed by atoms with Crippen molar-refractivity contribution in [1.29, 1.82) is 0 Å². The average Bonchev–Trinajstić information content (AvgIpc) is 2.62. The monoisotopic (exact) mass is 413 g/mol. The molecule has 3 rings (SSSR count). The number of halogens is 5. The fourth-order valence-corrected chi connectivity index (χ4v) is 3.21. The number of hydrogen-bond donors (Lipinski definition) is 1. The minimum Gasteiger partial charge on any atom is -0.225 e. The van der Waals surface area contributed by atoms with Crippen LogP contribution in [0.5, 0.6) is 0 Å². The number of nitrogens with two attached hydrogens (primary N) is 1. The van der Waals surface area contributed by atoms with Crippen LogP contribution in [0.25, 0.3) is 22.3 Å². The molecule has 0 aromatic heterocycles. The zero-order valence-electron chi connectivity index (χ0n) is 14.0.